The third-order valence-corrected chi connectivity index (χ3v) is 3.67. The predicted octanol–water partition coefficient (Wildman–Crippen LogP) is 3.72. The number of ether oxygens (including phenoxy) is 1. The Morgan fingerprint density at radius 1 is 1.47 bits per heavy atom. The number of rotatable bonds is 6. The average molecular weight is 297 g/mol. The lowest BCUT2D eigenvalue weighted by Gasteiger charge is -2.04. The Balaban J connectivity index is 2.68. The molecule has 0 bridgehead atoms. The predicted molar refractivity (Wildman–Crippen MR) is 66.8 cm³/mol. The molecule has 108 valence electrons. The van der Waals surface area contributed by atoms with Gasteiger partial charge in [-0.2, -0.15) is 13.2 Å². The van der Waals surface area contributed by atoms with E-state index in [0.29, 0.717) is 0 Å². The summed E-state index contributed by atoms with van der Waals surface area (Å²) in [5.41, 5.74) is -0.514. The second-order valence-corrected chi connectivity index (χ2v) is 5.51. The monoisotopic (exact) mass is 296 g/mol. The SMILES string of the molecule is C=CCOCC(=O)[C@H]1[C@@H](/C=C(\Cl)C(F)(F)F)C1(C)C. The van der Waals surface area contributed by atoms with Gasteiger partial charge in [0.1, 0.15) is 11.6 Å². The van der Waals surface area contributed by atoms with Crippen molar-refractivity contribution in [2.24, 2.45) is 17.3 Å². The van der Waals surface area contributed by atoms with Crippen molar-refractivity contribution >= 4 is 17.4 Å². The van der Waals surface area contributed by atoms with E-state index in [9.17, 15) is 18.0 Å². The summed E-state index contributed by atoms with van der Waals surface area (Å²) in [7, 11) is 0. The third kappa shape index (κ3) is 3.83. The molecule has 0 saturated heterocycles. The molecule has 1 aliphatic rings. The summed E-state index contributed by atoms with van der Waals surface area (Å²) in [5, 5.41) is -1.17. The lowest BCUT2D eigenvalue weighted by atomic mass is 10.1. The summed E-state index contributed by atoms with van der Waals surface area (Å²) < 4.78 is 42.1. The van der Waals surface area contributed by atoms with E-state index in [1.54, 1.807) is 13.8 Å². The molecule has 6 heteroatoms. The highest BCUT2D eigenvalue weighted by Crippen LogP contribution is 2.60. The molecular weight excluding hydrogens is 281 g/mol. The van der Waals surface area contributed by atoms with Gasteiger partial charge in [-0.1, -0.05) is 37.6 Å². The Hall–Kier alpha value is -0.810. The van der Waals surface area contributed by atoms with E-state index >= 15 is 0 Å². The van der Waals surface area contributed by atoms with Gasteiger partial charge in [-0.05, 0) is 11.3 Å². The molecular formula is C13H16ClF3O2. The molecule has 0 unspecified atom stereocenters. The molecule has 1 fully saturated rings. The molecule has 0 aliphatic heterocycles. The zero-order valence-electron chi connectivity index (χ0n) is 10.8. The van der Waals surface area contributed by atoms with Crippen molar-refractivity contribution in [3.8, 4) is 0 Å². The van der Waals surface area contributed by atoms with Crippen LogP contribution in [0.3, 0.4) is 0 Å². The number of Topliss-reactive ketones (excluding diaryl/α,β-unsaturated/α-hetero) is 1. The zero-order valence-corrected chi connectivity index (χ0v) is 11.5. The molecule has 1 aliphatic carbocycles. The van der Waals surface area contributed by atoms with Crippen molar-refractivity contribution in [1.82, 2.24) is 0 Å². The Morgan fingerprint density at radius 3 is 2.53 bits per heavy atom. The van der Waals surface area contributed by atoms with E-state index in [0.717, 1.165) is 6.08 Å². The summed E-state index contributed by atoms with van der Waals surface area (Å²) in [5.74, 6) is -1.19. The second-order valence-electron chi connectivity index (χ2n) is 5.11. The van der Waals surface area contributed by atoms with Gasteiger partial charge in [-0.3, -0.25) is 4.79 Å². The normalized spacial score (nSPS) is 26.1. The van der Waals surface area contributed by atoms with Crippen molar-refractivity contribution in [3.63, 3.8) is 0 Å². The maximum absolute atomic E-state index is 12.3. The fourth-order valence-electron chi connectivity index (χ4n) is 2.19. The van der Waals surface area contributed by atoms with Gasteiger partial charge in [-0.25, -0.2) is 0 Å². The molecule has 0 aromatic rings. The molecule has 0 spiro atoms. The largest absolute Gasteiger partial charge is 0.426 e. The summed E-state index contributed by atoms with van der Waals surface area (Å²) >= 11 is 5.20. The second kappa shape index (κ2) is 5.67. The number of allylic oxidation sites excluding steroid dienone is 2. The van der Waals surface area contributed by atoms with Gasteiger partial charge >= 0.3 is 6.18 Å². The Bertz CT molecular complexity index is 399. The van der Waals surface area contributed by atoms with Crippen molar-refractivity contribution in [2.75, 3.05) is 13.2 Å². The number of hydrogen-bond acceptors (Lipinski definition) is 2. The van der Waals surface area contributed by atoms with Gasteiger partial charge < -0.3 is 4.74 Å². The minimum absolute atomic E-state index is 0.117. The van der Waals surface area contributed by atoms with Crippen LogP contribution in [0.25, 0.3) is 0 Å². The van der Waals surface area contributed by atoms with Crippen molar-refractivity contribution in [1.29, 1.82) is 0 Å². The smallest absolute Gasteiger partial charge is 0.370 e. The molecule has 2 atom stereocenters. The van der Waals surface area contributed by atoms with Gasteiger partial charge in [0.2, 0.25) is 0 Å². The van der Waals surface area contributed by atoms with Crippen LogP contribution >= 0.6 is 11.6 Å². The molecule has 0 radical (unpaired) electrons. The molecule has 1 saturated carbocycles. The molecule has 1 rings (SSSR count). The van der Waals surface area contributed by atoms with Crippen LogP contribution < -0.4 is 0 Å². The van der Waals surface area contributed by atoms with E-state index in [1.165, 1.54) is 6.08 Å². The molecule has 0 aromatic carbocycles. The summed E-state index contributed by atoms with van der Waals surface area (Å²) in [4.78, 5) is 11.8. The number of ketones is 1. The molecule has 19 heavy (non-hydrogen) atoms. The van der Waals surface area contributed by atoms with Crippen molar-refractivity contribution < 1.29 is 22.7 Å². The van der Waals surface area contributed by atoms with E-state index in [4.69, 9.17) is 16.3 Å². The molecule has 0 aromatic heterocycles. The van der Waals surface area contributed by atoms with Crippen LogP contribution in [-0.4, -0.2) is 25.2 Å². The fraction of sp³-hybridized carbons (Fsp3) is 0.615. The number of carbonyl (C=O) groups is 1. The first kappa shape index (κ1) is 16.2. The molecule has 0 N–H and O–H groups in total. The Morgan fingerprint density at radius 2 is 2.05 bits per heavy atom. The zero-order chi connectivity index (χ0) is 14.8. The Labute approximate surface area is 115 Å². The van der Waals surface area contributed by atoms with E-state index in [-0.39, 0.29) is 19.0 Å². The van der Waals surface area contributed by atoms with Crippen LogP contribution in [0.5, 0.6) is 0 Å². The van der Waals surface area contributed by atoms with Crippen LogP contribution in [0.2, 0.25) is 0 Å². The van der Waals surface area contributed by atoms with Gasteiger partial charge in [0, 0.05) is 5.92 Å². The lowest BCUT2D eigenvalue weighted by molar-refractivity contribution is -0.125. The summed E-state index contributed by atoms with van der Waals surface area (Å²) in [6, 6.07) is 0. The first-order chi connectivity index (χ1) is 8.62. The topological polar surface area (TPSA) is 26.3 Å². The summed E-state index contributed by atoms with van der Waals surface area (Å²) in [6.07, 6.45) is -2.13. The van der Waals surface area contributed by atoms with Crippen LogP contribution in [0, 0.1) is 17.3 Å². The fourth-order valence-corrected chi connectivity index (χ4v) is 2.32. The molecule has 0 amide bonds. The lowest BCUT2D eigenvalue weighted by Crippen LogP contribution is -2.14. The number of hydrogen-bond donors (Lipinski definition) is 0. The van der Waals surface area contributed by atoms with Gasteiger partial charge in [0.05, 0.1) is 6.61 Å². The average Bonchev–Trinajstić information content (AvgIpc) is 2.79. The van der Waals surface area contributed by atoms with E-state index in [1.807, 2.05) is 0 Å². The van der Waals surface area contributed by atoms with Crippen molar-refractivity contribution in [2.45, 2.75) is 20.0 Å². The van der Waals surface area contributed by atoms with Crippen LogP contribution in [0.1, 0.15) is 13.8 Å². The maximum atomic E-state index is 12.3. The third-order valence-electron chi connectivity index (χ3n) is 3.33. The molecule has 0 heterocycles. The highest BCUT2D eigenvalue weighted by Gasteiger charge is 2.60. The van der Waals surface area contributed by atoms with E-state index in [2.05, 4.69) is 6.58 Å². The number of carbonyl (C=O) groups excluding carboxylic acids is 1. The highest BCUT2D eigenvalue weighted by atomic mass is 35.5. The Kier molecular flexibility index (Phi) is 4.85. The summed E-state index contributed by atoms with van der Waals surface area (Å²) in [6.45, 7) is 7.04. The van der Waals surface area contributed by atoms with Crippen LogP contribution in [0.4, 0.5) is 13.2 Å². The molecule has 2 nitrogen and oxygen atoms in total. The van der Waals surface area contributed by atoms with Crippen LogP contribution in [-0.2, 0) is 9.53 Å². The van der Waals surface area contributed by atoms with E-state index < -0.39 is 28.5 Å². The first-order valence-electron chi connectivity index (χ1n) is 5.78. The quantitative estimate of drug-likeness (QED) is 0.551. The van der Waals surface area contributed by atoms with Crippen molar-refractivity contribution in [3.05, 3.63) is 23.8 Å². The highest BCUT2D eigenvalue weighted by molar-refractivity contribution is 6.30. The van der Waals surface area contributed by atoms with Gasteiger partial charge in [-0.15, -0.1) is 6.58 Å². The van der Waals surface area contributed by atoms with Gasteiger partial charge in [0.25, 0.3) is 0 Å². The minimum Gasteiger partial charge on any atom is -0.370 e. The first-order valence-corrected chi connectivity index (χ1v) is 6.16. The number of alkyl halides is 3. The minimum atomic E-state index is -4.56. The standard InChI is InChI=1S/C13H16ClF3O2/c1-4-5-19-7-9(18)11-8(12(11,2)3)6-10(14)13(15,16)17/h4,6,8,11H,1,5,7H2,2-3H3/b10-6-/t8-,11-/m1/s1. The van der Waals surface area contributed by atoms with Crippen LogP contribution in [0.15, 0.2) is 23.8 Å². The number of halogens is 4. The van der Waals surface area contributed by atoms with Gasteiger partial charge in [0.15, 0.2) is 5.78 Å². The maximum Gasteiger partial charge on any atom is 0.426 e.